The number of carbonyl (C=O) groups is 1. The van der Waals surface area contributed by atoms with Crippen molar-refractivity contribution in [1.29, 1.82) is 5.26 Å². The molecule has 5 nitrogen and oxygen atoms in total. The van der Waals surface area contributed by atoms with Crippen molar-refractivity contribution in [3.8, 4) is 17.6 Å². The van der Waals surface area contributed by atoms with Gasteiger partial charge in [-0.05, 0) is 36.2 Å². The Morgan fingerprint density at radius 2 is 1.83 bits per heavy atom. The number of nitrogens with zero attached hydrogens (tertiary/aromatic N) is 1. The normalized spacial score (nSPS) is 15.0. The Hall–Kier alpha value is -3.56. The predicted octanol–water partition coefficient (Wildman–Crippen LogP) is 5.19. The molecule has 3 aromatic rings. The van der Waals surface area contributed by atoms with Gasteiger partial charge in [-0.25, -0.2) is 4.79 Å². The van der Waals surface area contributed by atoms with Gasteiger partial charge in [0.1, 0.15) is 23.1 Å². The number of aryl methyl sites for hydroxylation is 1. The van der Waals surface area contributed by atoms with Crippen LogP contribution in [0.4, 0.5) is 0 Å². The van der Waals surface area contributed by atoms with E-state index in [-0.39, 0.29) is 5.88 Å². The lowest BCUT2D eigenvalue weighted by Gasteiger charge is -2.27. The minimum absolute atomic E-state index is 0.0353. The van der Waals surface area contributed by atoms with Crippen molar-refractivity contribution >= 4 is 21.9 Å². The summed E-state index contributed by atoms with van der Waals surface area (Å²) in [6.07, 6.45) is 0. The summed E-state index contributed by atoms with van der Waals surface area (Å²) in [5.74, 6) is -0.0283. The number of ether oxygens (including phenoxy) is 2. The number of hydrogen-bond acceptors (Lipinski definition) is 5. The maximum absolute atomic E-state index is 12.5. The SMILES string of the molecule is Cc1ccccc1C(=O)Oc1ccc2c(c1)OC(N)=C(C#N)C2c1ccccc1Br. The molecule has 148 valence electrons. The van der Waals surface area contributed by atoms with Crippen LogP contribution < -0.4 is 15.2 Å². The van der Waals surface area contributed by atoms with Gasteiger partial charge in [-0.3, -0.25) is 0 Å². The summed E-state index contributed by atoms with van der Waals surface area (Å²) < 4.78 is 12.1. The second kappa shape index (κ2) is 8.05. The number of esters is 1. The van der Waals surface area contributed by atoms with E-state index in [0.29, 0.717) is 22.6 Å². The van der Waals surface area contributed by atoms with Crippen LogP contribution in [0.5, 0.6) is 11.5 Å². The van der Waals surface area contributed by atoms with E-state index in [9.17, 15) is 10.1 Å². The quantitative estimate of drug-likeness (QED) is 0.429. The molecule has 3 aromatic carbocycles. The van der Waals surface area contributed by atoms with Gasteiger partial charge in [0.05, 0.1) is 11.5 Å². The molecule has 0 bridgehead atoms. The number of fused-ring (bicyclic) bond motifs is 1. The first-order valence-electron chi connectivity index (χ1n) is 9.23. The maximum Gasteiger partial charge on any atom is 0.343 e. The molecule has 0 saturated carbocycles. The third-order valence-electron chi connectivity index (χ3n) is 4.98. The van der Waals surface area contributed by atoms with E-state index in [1.165, 1.54) is 0 Å². The van der Waals surface area contributed by atoms with E-state index in [1.807, 2.05) is 43.3 Å². The number of halogens is 1. The number of carbonyl (C=O) groups excluding carboxylic acids is 1. The summed E-state index contributed by atoms with van der Waals surface area (Å²) in [4.78, 5) is 12.5. The lowest BCUT2D eigenvalue weighted by Crippen LogP contribution is -2.21. The molecular weight excluding hydrogens is 444 g/mol. The van der Waals surface area contributed by atoms with E-state index in [0.717, 1.165) is 21.2 Å². The smallest absolute Gasteiger partial charge is 0.343 e. The Kier molecular flexibility index (Phi) is 5.30. The predicted molar refractivity (Wildman–Crippen MR) is 116 cm³/mol. The van der Waals surface area contributed by atoms with Crippen LogP contribution in [-0.2, 0) is 0 Å². The molecule has 1 heterocycles. The molecular formula is C24H17BrN2O3. The zero-order valence-electron chi connectivity index (χ0n) is 16.1. The minimum Gasteiger partial charge on any atom is -0.440 e. The van der Waals surface area contributed by atoms with Crippen LogP contribution in [0.1, 0.15) is 33.0 Å². The maximum atomic E-state index is 12.5. The standard InChI is InChI=1S/C24H17BrN2O3/c1-14-6-2-3-7-16(14)24(28)29-15-10-11-18-21(12-15)30-23(27)19(13-26)22(18)17-8-4-5-9-20(17)25/h2-12,22H,27H2,1H3. The number of nitriles is 1. The third-order valence-corrected chi connectivity index (χ3v) is 5.70. The summed E-state index contributed by atoms with van der Waals surface area (Å²) in [7, 11) is 0. The van der Waals surface area contributed by atoms with Crippen LogP contribution in [0.15, 0.2) is 82.7 Å². The van der Waals surface area contributed by atoms with Crippen molar-refractivity contribution in [1.82, 2.24) is 0 Å². The zero-order valence-corrected chi connectivity index (χ0v) is 17.6. The summed E-state index contributed by atoms with van der Waals surface area (Å²) in [5.41, 5.74) is 9.37. The van der Waals surface area contributed by atoms with Crippen LogP contribution in [-0.4, -0.2) is 5.97 Å². The van der Waals surface area contributed by atoms with Crippen LogP contribution in [0.3, 0.4) is 0 Å². The first-order valence-corrected chi connectivity index (χ1v) is 10.0. The second-order valence-electron chi connectivity index (χ2n) is 6.85. The zero-order chi connectivity index (χ0) is 21.3. The van der Waals surface area contributed by atoms with Gasteiger partial charge in [0.25, 0.3) is 0 Å². The Labute approximate surface area is 182 Å². The van der Waals surface area contributed by atoms with Gasteiger partial charge in [0.15, 0.2) is 0 Å². The van der Waals surface area contributed by atoms with E-state index in [1.54, 1.807) is 30.3 Å². The molecule has 0 aliphatic carbocycles. The highest BCUT2D eigenvalue weighted by Crippen LogP contribution is 2.45. The molecule has 0 fully saturated rings. The van der Waals surface area contributed by atoms with Gasteiger partial charge in [-0.15, -0.1) is 0 Å². The fraction of sp³-hybridized carbons (Fsp3) is 0.0833. The molecule has 4 rings (SSSR count). The van der Waals surface area contributed by atoms with Crippen molar-refractivity contribution in [2.45, 2.75) is 12.8 Å². The monoisotopic (exact) mass is 460 g/mol. The molecule has 1 atom stereocenters. The molecule has 1 unspecified atom stereocenters. The van der Waals surface area contributed by atoms with Crippen LogP contribution in [0, 0.1) is 18.3 Å². The highest BCUT2D eigenvalue weighted by molar-refractivity contribution is 9.10. The van der Waals surface area contributed by atoms with E-state index < -0.39 is 11.9 Å². The van der Waals surface area contributed by atoms with Crippen LogP contribution >= 0.6 is 15.9 Å². The molecule has 0 radical (unpaired) electrons. The topological polar surface area (TPSA) is 85.3 Å². The van der Waals surface area contributed by atoms with E-state index >= 15 is 0 Å². The molecule has 0 spiro atoms. The molecule has 2 N–H and O–H groups in total. The minimum atomic E-state index is -0.451. The molecule has 30 heavy (non-hydrogen) atoms. The average molecular weight is 461 g/mol. The lowest BCUT2D eigenvalue weighted by molar-refractivity contribution is 0.0733. The largest absolute Gasteiger partial charge is 0.440 e. The van der Waals surface area contributed by atoms with Gasteiger partial charge >= 0.3 is 5.97 Å². The molecule has 0 amide bonds. The van der Waals surface area contributed by atoms with Gasteiger partial charge in [-0.1, -0.05) is 58.4 Å². The number of rotatable bonds is 3. The fourth-order valence-electron chi connectivity index (χ4n) is 3.49. The third kappa shape index (κ3) is 3.56. The van der Waals surface area contributed by atoms with Crippen LogP contribution in [0.25, 0.3) is 0 Å². The lowest BCUT2D eigenvalue weighted by atomic mass is 9.83. The number of hydrogen-bond donors (Lipinski definition) is 1. The van der Waals surface area contributed by atoms with Crippen molar-refractivity contribution < 1.29 is 14.3 Å². The first kappa shape index (κ1) is 19.7. The fourth-order valence-corrected chi connectivity index (χ4v) is 4.01. The number of benzene rings is 3. The highest BCUT2D eigenvalue weighted by atomic mass is 79.9. The molecule has 1 aliphatic rings. The summed E-state index contributed by atoms with van der Waals surface area (Å²) in [6.45, 7) is 1.85. The average Bonchev–Trinajstić information content (AvgIpc) is 2.73. The van der Waals surface area contributed by atoms with Gasteiger partial charge in [0.2, 0.25) is 5.88 Å². The van der Waals surface area contributed by atoms with E-state index in [4.69, 9.17) is 15.2 Å². The second-order valence-corrected chi connectivity index (χ2v) is 7.70. The highest BCUT2D eigenvalue weighted by Gasteiger charge is 2.32. The van der Waals surface area contributed by atoms with Gasteiger partial charge < -0.3 is 15.2 Å². The first-order chi connectivity index (χ1) is 14.5. The Morgan fingerprint density at radius 3 is 2.57 bits per heavy atom. The van der Waals surface area contributed by atoms with Crippen molar-refractivity contribution in [2.75, 3.05) is 0 Å². The van der Waals surface area contributed by atoms with Crippen molar-refractivity contribution in [3.63, 3.8) is 0 Å². The summed E-state index contributed by atoms with van der Waals surface area (Å²) >= 11 is 3.56. The summed E-state index contributed by atoms with van der Waals surface area (Å²) in [5, 5.41) is 9.68. The molecule has 6 heteroatoms. The summed E-state index contributed by atoms with van der Waals surface area (Å²) in [6, 6.07) is 22.1. The van der Waals surface area contributed by atoms with Crippen LogP contribution in [0.2, 0.25) is 0 Å². The molecule has 1 aliphatic heterocycles. The number of allylic oxidation sites excluding steroid dienone is 1. The molecule has 0 aromatic heterocycles. The Bertz CT molecular complexity index is 1230. The van der Waals surface area contributed by atoms with E-state index in [2.05, 4.69) is 22.0 Å². The Morgan fingerprint density at radius 1 is 1.10 bits per heavy atom. The van der Waals surface area contributed by atoms with Crippen molar-refractivity contribution in [3.05, 3.63) is 105 Å². The van der Waals surface area contributed by atoms with Gasteiger partial charge in [0, 0.05) is 16.1 Å². The molecule has 0 saturated heterocycles. The number of nitrogens with two attached hydrogens (primary N) is 1. The van der Waals surface area contributed by atoms with Gasteiger partial charge in [-0.2, -0.15) is 5.26 Å². The van der Waals surface area contributed by atoms with Crippen molar-refractivity contribution in [2.24, 2.45) is 5.73 Å². The Balaban J connectivity index is 1.73.